The lowest BCUT2D eigenvalue weighted by Crippen LogP contribution is -2.25. The Kier molecular flexibility index (Phi) is 3.47. The monoisotopic (exact) mass is 253 g/mol. The third-order valence-corrected chi connectivity index (χ3v) is 3.67. The number of para-hydroxylation sites is 1. The van der Waals surface area contributed by atoms with E-state index in [1.807, 2.05) is 12.4 Å². The van der Waals surface area contributed by atoms with Gasteiger partial charge in [0.15, 0.2) is 0 Å². The summed E-state index contributed by atoms with van der Waals surface area (Å²) in [6, 6.07) is 12.8. The van der Waals surface area contributed by atoms with Crippen LogP contribution in [0.3, 0.4) is 0 Å². The minimum absolute atomic E-state index is 0.586. The van der Waals surface area contributed by atoms with E-state index >= 15 is 0 Å². The first-order chi connectivity index (χ1) is 9.33. The summed E-state index contributed by atoms with van der Waals surface area (Å²) < 4.78 is 0. The number of aromatic nitrogens is 1. The van der Waals surface area contributed by atoms with Gasteiger partial charge >= 0.3 is 0 Å². The van der Waals surface area contributed by atoms with Crippen molar-refractivity contribution in [2.24, 2.45) is 0 Å². The van der Waals surface area contributed by atoms with Crippen molar-refractivity contribution in [3.63, 3.8) is 0 Å². The number of rotatable bonds is 4. The Labute approximate surface area is 114 Å². The summed E-state index contributed by atoms with van der Waals surface area (Å²) in [5.41, 5.74) is 4.06. The summed E-state index contributed by atoms with van der Waals surface area (Å²) in [6.45, 7) is 3.09. The number of nitrogens with one attached hydrogen (secondary N) is 1. The second-order valence-corrected chi connectivity index (χ2v) is 5.22. The van der Waals surface area contributed by atoms with Crippen molar-refractivity contribution in [1.29, 1.82) is 0 Å². The third-order valence-electron chi connectivity index (χ3n) is 3.67. The molecule has 0 fully saturated rings. The van der Waals surface area contributed by atoms with Crippen LogP contribution < -0.4 is 5.32 Å². The molecule has 1 unspecified atom stereocenters. The van der Waals surface area contributed by atoms with Crippen molar-refractivity contribution < 1.29 is 0 Å². The van der Waals surface area contributed by atoms with E-state index in [0.29, 0.717) is 5.92 Å². The van der Waals surface area contributed by atoms with Crippen LogP contribution in [0.5, 0.6) is 0 Å². The van der Waals surface area contributed by atoms with Crippen molar-refractivity contribution in [2.45, 2.75) is 12.5 Å². The number of fused-ring (bicyclic) bond motifs is 1. The van der Waals surface area contributed by atoms with Gasteiger partial charge < -0.3 is 10.2 Å². The van der Waals surface area contributed by atoms with E-state index < -0.39 is 0 Å². The molecule has 98 valence electrons. The Morgan fingerprint density at radius 1 is 1.21 bits per heavy atom. The van der Waals surface area contributed by atoms with Crippen LogP contribution in [0.15, 0.2) is 48.8 Å². The molecule has 0 spiro atoms. The van der Waals surface area contributed by atoms with E-state index in [0.717, 1.165) is 19.6 Å². The second-order valence-electron chi connectivity index (χ2n) is 5.22. The van der Waals surface area contributed by atoms with Gasteiger partial charge in [0.2, 0.25) is 0 Å². The lowest BCUT2D eigenvalue weighted by atomic mass is 10.0. The highest BCUT2D eigenvalue weighted by atomic mass is 15.1. The summed E-state index contributed by atoms with van der Waals surface area (Å²) in [5, 5.41) is 3.48. The first-order valence-corrected chi connectivity index (χ1v) is 6.73. The third kappa shape index (κ3) is 2.76. The van der Waals surface area contributed by atoms with Crippen LogP contribution in [-0.2, 0) is 6.54 Å². The van der Waals surface area contributed by atoms with Gasteiger partial charge in [0.1, 0.15) is 0 Å². The maximum absolute atomic E-state index is 4.06. The summed E-state index contributed by atoms with van der Waals surface area (Å²) >= 11 is 0. The Morgan fingerprint density at radius 3 is 2.84 bits per heavy atom. The zero-order chi connectivity index (χ0) is 13.1. The van der Waals surface area contributed by atoms with Crippen LogP contribution in [0.25, 0.3) is 0 Å². The molecule has 0 aliphatic carbocycles. The zero-order valence-corrected chi connectivity index (χ0v) is 11.2. The van der Waals surface area contributed by atoms with Gasteiger partial charge in [0, 0.05) is 43.6 Å². The van der Waals surface area contributed by atoms with Crippen LogP contribution in [0.1, 0.15) is 17.0 Å². The molecule has 0 amide bonds. The smallest absolute Gasteiger partial charge is 0.0376 e. The average Bonchev–Trinajstić information content (AvgIpc) is 2.83. The molecule has 1 N–H and O–H groups in total. The standard InChI is InChI=1S/C16H19N3/c1-19(11-13-6-8-17-9-7-13)12-14-10-18-16-5-3-2-4-15(14)16/h2-9,14,18H,10-12H2,1H3. The molecule has 2 aromatic rings. The van der Waals surface area contributed by atoms with Gasteiger partial charge in [-0.05, 0) is 36.4 Å². The average molecular weight is 253 g/mol. The summed E-state index contributed by atoms with van der Waals surface area (Å²) in [4.78, 5) is 6.44. The fraction of sp³-hybridized carbons (Fsp3) is 0.312. The van der Waals surface area contributed by atoms with Crippen molar-refractivity contribution in [1.82, 2.24) is 9.88 Å². The molecule has 19 heavy (non-hydrogen) atoms. The number of pyridine rings is 1. The molecule has 2 heterocycles. The summed E-state index contributed by atoms with van der Waals surface area (Å²) in [6.07, 6.45) is 3.71. The molecule has 0 saturated carbocycles. The number of benzene rings is 1. The molecule has 3 rings (SSSR count). The second kappa shape index (κ2) is 5.41. The quantitative estimate of drug-likeness (QED) is 0.908. The molecule has 1 aromatic heterocycles. The van der Waals surface area contributed by atoms with E-state index in [1.165, 1.54) is 16.8 Å². The highest BCUT2D eigenvalue weighted by Crippen LogP contribution is 2.31. The maximum atomic E-state index is 4.06. The van der Waals surface area contributed by atoms with Gasteiger partial charge in [0.05, 0.1) is 0 Å². The predicted octanol–water partition coefficient (Wildman–Crippen LogP) is 2.72. The molecule has 0 saturated heterocycles. The highest BCUT2D eigenvalue weighted by molar-refractivity contribution is 5.57. The summed E-state index contributed by atoms with van der Waals surface area (Å²) in [5.74, 6) is 0.586. The van der Waals surface area contributed by atoms with Crippen molar-refractivity contribution in [2.75, 3.05) is 25.5 Å². The van der Waals surface area contributed by atoms with Crippen molar-refractivity contribution >= 4 is 5.69 Å². The Balaban J connectivity index is 1.63. The Hall–Kier alpha value is -1.87. The van der Waals surface area contributed by atoms with E-state index in [-0.39, 0.29) is 0 Å². The normalized spacial score (nSPS) is 17.3. The molecular weight excluding hydrogens is 234 g/mol. The molecule has 1 aliphatic heterocycles. The molecule has 3 heteroatoms. The van der Waals surface area contributed by atoms with Crippen LogP contribution in [0.4, 0.5) is 5.69 Å². The number of hydrogen-bond donors (Lipinski definition) is 1. The number of nitrogens with zero attached hydrogens (tertiary/aromatic N) is 2. The van der Waals surface area contributed by atoms with Crippen LogP contribution >= 0.6 is 0 Å². The Morgan fingerprint density at radius 2 is 2.00 bits per heavy atom. The molecule has 1 aromatic carbocycles. The van der Waals surface area contributed by atoms with Gasteiger partial charge in [-0.1, -0.05) is 18.2 Å². The molecule has 1 atom stereocenters. The van der Waals surface area contributed by atoms with E-state index in [4.69, 9.17) is 0 Å². The van der Waals surface area contributed by atoms with Crippen molar-refractivity contribution in [3.05, 3.63) is 59.9 Å². The molecule has 3 nitrogen and oxygen atoms in total. The molecule has 1 aliphatic rings. The lowest BCUT2D eigenvalue weighted by molar-refractivity contribution is 0.309. The molecule has 0 bridgehead atoms. The number of hydrogen-bond acceptors (Lipinski definition) is 3. The SMILES string of the molecule is CN(Cc1ccncc1)CC1CNc2ccccc21. The largest absolute Gasteiger partial charge is 0.384 e. The van der Waals surface area contributed by atoms with Gasteiger partial charge in [-0.3, -0.25) is 4.98 Å². The predicted molar refractivity (Wildman–Crippen MR) is 78.2 cm³/mol. The number of likely N-dealkylation sites (N-methyl/N-ethyl adjacent to an activating group) is 1. The van der Waals surface area contributed by atoms with E-state index in [9.17, 15) is 0 Å². The van der Waals surface area contributed by atoms with E-state index in [2.05, 4.69) is 58.6 Å². The highest BCUT2D eigenvalue weighted by Gasteiger charge is 2.22. The van der Waals surface area contributed by atoms with E-state index in [1.54, 1.807) is 0 Å². The minimum atomic E-state index is 0.586. The first kappa shape index (κ1) is 12.2. The zero-order valence-electron chi connectivity index (χ0n) is 11.2. The lowest BCUT2D eigenvalue weighted by Gasteiger charge is -2.21. The number of anilines is 1. The van der Waals surface area contributed by atoms with Gasteiger partial charge in [0.25, 0.3) is 0 Å². The fourth-order valence-electron chi connectivity index (χ4n) is 2.76. The summed E-state index contributed by atoms with van der Waals surface area (Å²) in [7, 11) is 2.18. The first-order valence-electron chi connectivity index (χ1n) is 6.73. The minimum Gasteiger partial charge on any atom is -0.384 e. The Bertz CT molecular complexity index is 539. The molecular formula is C16H19N3. The van der Waals surface area contributed by atoms with Gasteiger partial charge in [-0.2, -0.15) is 0 Å². The van der Waals surface area contributed by atoms with Gasteiger partial charge in [-0.15, -0.1) is 0 Å². The van der Waals surface area contributed by atoms with Crippen molar-refractivity contribution in [3.8, 4) is 0 Å². The van der Waals surface area contributed by atoms with Crippen LogP contribution in [-0.4, -0.2) is 30.0 Å². The molecule has 0 radical (unpaired) electrons. The van der Waals surface area contributed by atoms with Crippen LogP contribution in [0.2, 0.25) is 0 Å². The maximum Gasteiger partial charge on any atom is 0.0376 e. The van der Waals surface area contributed by atoms with Gasteiger partial charge in [-0.25, -0.2) is 0 Å². The topological polar surface area (TPSA) is 28.2 Å². The fourth-order valence-corrected chi connectivity index (χ4v) is 2.76. The van der Waals surface area contributed by atoms with Crippen LogP contribution in [0, 0.1) is 0 Å².